The molecule has 0 radical (unpaired) electrons. The molecular formula is C24H17FI2N2O3. The predicted octanol–water partition coefficient (Wildman–Crippen LogP) is 6.17. The summed E-state index contributed by atoms with van der Waals surface area (Å²) in [6.45, 7) is 0.0988. The number of benzene rings is 3. The SMILES string of the molecule is COc1ccc(NC(=O)/C(C#N)=C\c2cc(I)c(OCc3ccccc3F)c(I)c2)cc1. The summed E-state index contributed by atoms with van der Waals surface area (Å²) in [6.07, 6.45) is 1.52. The van der Waals surface area contributed by atoms with Crippen LogP contribution < -0.4 is 14.8 Å². The lowest BCUT2D eigenvalue weighted by Gasteiger charge is -2.12. The molecule has 3 rings (SSSR count). The molecule has 0 aliphatic rings. The minimum Gasteiger partial charge on any atom is -0.497 e. The first-order chi connectivity index (χ1) is 15.4. The van der Waals surface area contributed by atoms with Gasteiger partial charge in [0.1, 0.15) is 35.6 Å². The Kier molecular flexibility index (Phi) is 8.46. The van der Waals surface area contributed by atoms with Gasteiger partial charge in [-0.2, -0.15) is 5.26 Å². The average molecular weight is 654 g/mol. The van der Waals surface area contributed by atoms with E-state index < -0.39 is 5.91 Å². The van der Waals surface area contributed by atoms with Gasteiger partial charge < -0.3 is 14.8 Å². The van der Waals surface area contributed by atoms with Crippen LogP contribution in [-0.2, 0) is 11.4 Å². The first-order valence-corrected chi connectivity index (χ1v) is 11.5. The topological polar surface area (TPSA) is 71.3 Å². The fourth-order valence-electron chi connectivity index (χ4n) is 2.75. The number of rotatable bonds is 7. The van der Waals surface area contributed by atoms with Crippen molar-refractivity contribution in [3.05, 3.63) is 90.3 Å². The van der Waals surface area contributed by atoms with E-state index in [9.17, 15) is 14.4 Å². The zero-order valence-corrected chi connectivity index (χ0v) is 21.2. The molecule has 32 heavy (non-hydrogen) atoms. The van der Waals surface area contributed by atoms with Crippen LogP contribution in [0.25, 0.3) is 6.08 Å². The van der Waals surface area contributed by atoms with Crippen LogP contribution in [0.5, 0.6) is 11.5 Å². The molecular weight excluding hydrogens is 637 g/mol. The fraction of sp³-hybridized carbons (Fsp3) is 0.0833. The number of carbonyl (C=O) groups excluding carboxylic acids is 1. The Hall–Kier alpha value is -2.65. The molecule has 0 aliphatic heterocycles. The van der Waals surface area contributed by atoms with Gasteiger partial charge in [-0.05, 0) is 99.3 Å². The molecule has 0 unspecified atom stereocenters. The largest absolute Gasteiger partial charge is 0.497 e. The Bertz CT molecular complexity index is 1180. The molecule has 0 fully saturated rings. The van der Waals surface area contributed by atoms with E-state index in [1.165, 1.54) is 12.1 Å². The molecule has 0 atom stereocenters. The average Bonchev–Trinajstić information content (AvgIpc) is 2.78. The number of hydrogen-bond acceptors (Lipinski definition) is 4. The highest BCUT2D eigenvalue weighted by molar-refractivity contribution is 14.1. The molecule has 3 aromatic rings. The Morgan fingerprint density at radius 2 is 1.78 bits per heavy atom. The maximum absolute atomic E-state index is 13.8. The molecule has 8 heteroatoms. The summed E-state index contributed by atoms with van der Waals surface area (Å²) < 4.78 is 26.3. The second-order valence-corrected chi connectivity index (χ2v) is 8.87. The Balaban J connectivity index is 1.76. The summed E-state index contributed by atoms with van der Waals surface area (Å²) in [7, 11) is 1.56. The van der Waals surface area contributed by atoms with E-state index in [0.29, 0.717) is 28.3 Å². The van der Waals surface area contributed by atoms with Crippen molar-refractivity contribution < 1.29 is 18.7 Å². The van der Waals surface area contributed by atoms with E-state index in [-0.39, 0.29) is 18.0 Å². The van der Waals surface area contributed by atoms with Crippen LogP contribution in [0.1, 0.15) is 11.1 Å². The van der Waals surface area contributed by atoms with Gasteiger partial charge in [-0.25, -0.2) is 4.39 Å². The van der Waals surface area contributed by atoms with Crippen molar-refractivity contribution in [2.45, 2.75) is 6.61 Å². The van der Waals surface area contributed by atoms with E-state index in [1.54, 1.807) is 61.7 Å². The number of carbonyl (C=O) groups is 1. The van der Waals surface area contributed by atoms with Gasteiger partial charge in [0.05, 0.1) is 14.3 Å². The number of anilines is 1. The number of nitrogens with one attached hydrogen (secondary N) is 1. The third kappa shape index (κ3) is 6.20. The van der Waals surface area contributed by atoms with Gasteiger partial charge in [0.15, 0.2) is 0 Å². The standard InChI is InChI=1S/C24H17FI2N2O3/c1-31-19-8-6-18(7-9-19)29-24(30)17(13-28)10-15-11-21(26)23(22(27)12-15)32-14-16-4-2-3-5-20(16)25/h2-12H,14H2,1H3,(H,29,30)/b17-10-. The molecule has 5 nitrogen and oxygen atoms in total. The quantitative estimate of drug-likeness (QED) is 0.188. The first kappa shape index (κ1) is 24.0. The van der Waals surface area contributed by atoms with Gasteiger partial charge in [0, 0.05) is 11.3 Å². The van der Waals surface area contributed by atoms with Gasteiger partial charge in [0.25, 0.3) is 5.91 Å². The smallest absolute Gasteiger partial charge is 0.266 e. The number of ether oxygens (including phenoxy) is 2. The number of methoxy groups -OCH3 is 1. The molecule has 3 aromatic carbocycles. The van der Waals surface area contributed by atoms with E-state index >= 15 is 0 Å². The maximum atomic E-state index is 13.8. The number of nitrogens with zero attached hydrogens (tertiary/aromatic N) is 1. The first-order valence-electron chi connectivity index (χ1n) is 9.33. The minimum atomic E-state index is -0.512. The molecule has 0 aliphatic carbocycles. The second kappa shape index (κ2) is 11.3. The van der Waals surface area contributed by atoms with Crippen molar-refractivity contribution in [3.63, 3.8) is 0 Å². The van der Waals surface area contributed by atoms with Gasteiger partial charge in [-0.1, -0.05) is 18.2 Å². The van der Waals surface area contributed by atoms with Crippen LogP contribution in [0.15, 0.2) is 66.2 Å². The zero-order valence-electron chi connectivity index (χ0n) is 16.9. The van der Waals surface area contributed by atoms with Crippen LogP contribution in [-0.4, -0.2) is 13.0 Å². The highest BCUT2D eigenvalue weighted by atomic mass is 127. The molecule has 1 N–H and O–H groups in total. The zero-order chi connectivity index (χ0) is 23.1. The van der Waals surface area contributed by atoms with Crippen molar-refractivity contribution in [2.75, 3.05) is 12.4 Å². The maximum Gasteiger partial charge on any atom is 0.266 e. The van der Waals surface area contributed by atoms with E-state index in [2.05, 4.69) is 50.5 Å². The van der Waals surface area contributed by atoms with Gasteiger partial charge in [-0.3, -0.25) is 4.79 Å². The lowest BCUT2D eigenvalue weighted by molar-refractivity contribution is -0.112. The van der Waals surface area contributed by atoms with Crippen LogP contribution in [0.4, 0.5) is 10.1 Å². The van der Waals surface area contributed by atoms with Gasteiger partial charge in [-0.15, -0.1) is 0 Å². The van der Waals surface area contributed by atoms with Crippen molar-refractivity contribution in [2.24, 2.45) is 0 Å². The number of nitriles is 1. The molecule has 0 saturated heterocycles. The lowest BCUT2D eigenvalue weighted by Crippen LogP contribution is -2.13. The monoisotopic (exact) mass is 654 g/mol. The third-order valence-electron chi connectivity index (χ3n) is 4.37. The Morgan fingerprint density at radius 1 is 1.12 bits per heavy atom. The highest BCUT2D eigenvalue weighted by Gasteiger charge is 2.13. The molecule has 0 spiro atoms. The van der Waals surface area contributed by atoms with Crippen LogP contribution in [0, 0.1) is 24.3 Å². The Labute approximate surface area is 212 Å². The Morgan fingerprint density at radius 3 is 2.38 bits per heavy atom. The molecule has 0 aromatic heterocycles. The number of amides is 1. The van der Waals surface area contributed by atoms with Crippen molar-refractivity contribution in [3.8, 4) is 17.6 Å². The molecule has 1 amide bonds. The summed E-state index contributed by atoms with van der Waals surface area (Å²) in [4.78, 5) is 12.5. The van der Waals surface area contributed by atoms with E-state index in [4.69, 9.17) is 9.47 Å². The summed E-state index contributed by atoms with van der Waals surface area (Å²) >= 11 is 4.23. The summed E-state index contributed by atoms with van der Waals surface area (Å²) in [5.41, 5.74) is 1.66. The van der Waals surface area contributed by atoms with Gasteiger partial charge >= 0.3 is 0 Å². The number of hydrogen-bond donors (Lipinski definition) is 1. The highest BCUT2D eigenvalue weighted by Crippen LogP contribution is 2.31. The fourth-order valence-corrected chi connectivity index (χ4v) is 4.88. The van der Waals surface area contributed by atoms with Crippen molar-refractivity contribution >= 4 is 62.9 Å². The molecule has 162 valence electrons. The van der Waals surface area contributed by atoms with Crippen molar-refractivity contribution in [1.82, 2.24) is 0 Å². The molecule has 0 heterocycles. The summed E-state index contributed by atoms with van der Waals surface area (Å²) in [5.74, 6) is 0.453. The van der Waals surface area contributed by atoms with E-state index in [0.717, 1.165) is 7.14 Å². The minimum absolute atomic E-state index is 0.0348. The third-order valence-corrected chi connectivity index (χ3v) is 5.98. The van der Waals surface area contributed by atoms with E-state index in [1.807, 2.05) is 6.07 Å². The van der Waals surface area contributed by atoms with Crippen molar-refractivity contribution in [1.29, 1.82) is 5.26 Å². The normalized spacial score (nSPS) is 10.9. The van der Waals surface area contributed by atoms with Gasteiger partial charge in [0.2, 0.25) is 0 Å². The second-order valence-electron chi connectivity index (χ2n) is 6.55. The summed E-state index contributed by atoms with van der Waals surface area (Å²) in [6, 6.07) is 18.8. The van der Waals surface area contributed by atoms with Crippen LogP contribution >= 0.6 is 45.2 Å². The summed E-state index contributed by atoms with van der Waals surface area (Å²) in [5, 5.41) is 12.2. The molecule has 0 bridgehead atoms. The number of halogens is 3. The molecule has 0 saturated carbocycles. The van der Waals surface area contributed by atoms with Crippen LogP contribution in [0.2, 0.25) is 0 Å². The predicted molar refractivity (Wildman–Crippen MR) is 138 cm³/mol. The van der Waals surface area contributed by atoms with Crippen LogP contribution in [0.3, 0.4) is 0 Å². The lowest BCUT2D eigenvalue weighted by atomic mass is 10.1.